The Morgan fingerprint density at radius 3 is 2.20 bits per heavy atom. The third-order valence-corrected chi connectivity index (χ3v) is 7.97. The molecule has 1 amide bonds. The highest BCUT2D eigenvalue weighted by Crippen LogP contribution is 2.39. The Bertz CT molecular complexity index is 1300. The number of aromatic nitrogens is 2. The second-order valence-corrected chi connectivity index (χ2v) is 11.6. The van der Waals surface area contributed by atoms with E-state index in [0.29, 0.717) is 18.2 Å². The quantitative estimate of drug-likeness (QED) is 0.319. The normalized spacial score (nSPS) is 19.2. The number of hydrogen-bond acceptors (Lipinski definition) is 6. The van der Waals surface area contributed by atoms with E-state index in [-0.39, 0.29) is 36.9 Å². The highest BCUT2D eigenvalue weighted by molar-refractivity contribution is 5.83. The van der Waals surface area contributed by atoms with Gasteiger partial charge in [0.1, 0.15) is 5.75 Å². The van der Waals surface area contributed by atoms with Crippen LogP contribution in [0.1, 0.15) is 38.7 Å². The second-order valence-electron chi connectivity index (χ2n) is 11.6. The number of nitrogens with zero attached hydrogens (tertiary/aromatic N) is 3. The maximum Gasteiger partial charge on any atom is 0.310 e. The highest BCUT2D eigenvalue weighted by atomic mass is 16.5. The number of nitrogens with two attached hydrogens (primary N) is 1. The number of amides is 1. The van der Waals surface area contributed by atoms with Crippen LogP contribution < -0.4 is 10.5 Å². The molecule has 2 heterocycles. The van der Waals surface area contributed by atoms with Crippen molar-refractivity contribution in [2.45, 2.75) is 45.6 Å². The Kier molecular flexibility index (Phi) is 8.45. The van der Waals surface area contributed by atoms with E-state index in [1.165, 1.54) is 0 Å². The summed E-state index contributed by atoms with van der Waals surface area (Å²) in [5.41, 5.74) is 10.0. The van der Waals surface area contributed by atoms with Gasteiger partial charge in [-0.3, -0.25) is 9.59 Å². The number of ether oxygens (including phenoxy) is 1. The Morgan fingerprint density at radius 1 is 1.00 bits per heavy atom. The van der Waals surface area contributed by atoms with E-state index >= 15 is 0 Å². The van der Waals surface area contributed by atoms with Gasteiger partial charge in [-0.2, -0.15) is 0 Å². The molecule has 8 heteroatoms. The number of carbonyl (C=O) groups excluding carboxylic acids is 1. The van der Waals surface area contributed by atoms with Gasteiger partial charge in [-0.25, -0.2) is 9.97 Å². The van der Waals surface area contributed by atoms with E-state index in [2.05, 4.69) is 23.8 Å². The molecule has 1 aliphatic carbocycles. The zero-order valence-electron chi connectivity index (χ0n) is 23.2. The fourth-order valence-electron chi connectivity index (χ4n) is 5.26. The van der Waals surface area contributed by atoms with E-state index in [9.17, 15) is 9.59 Å². The van der Waals surface area contributed by atoms with Gasteiger partial charge in [-0.15, -0.1) is 0 Å². The summed E-state index contributed by atoms with van der Waals surface area (Å²) in [4.78, 5) is 35.1. The molecule has 1 aromatic heterocycles. The summed E-state index contributed by atoms with van der Waals surface area (Å²) in [6.45, 7) is 5.74. The molecule has 2 fully saturated rings. The van der Waals surface area contributed by atoms with Crippen molar-refractivity contribution >= 4 is 11.9 Å². The van der Waals surface area contributed by atoms with Crippen LogP contribution in [0.5, 0.6) is 5.75 Å². The number of carboxylic acids is 1. The molecule has 210 valence electrons. The van der Waals surface area contributed by atoms with Gasteiger partial charge in [0.15, 0.2) is 5.82 Å². The number of hydrogen-bond donors (Lipinski definition) is 2. The zero-order valence-corrected chi connectivity index (χ0v) is 23.2. The largest absolute Gasteiger partial charge is 0.494 e. The van der Waals surface area contributed by atoms with Crippen LogP contribution in [-0.4, -0.2) is 57.6 Å². The summed E-state index contributed by atoms with van der Waals surface area (Å²) >= 11 is 0. The number of carboxylic acid groups (broad SMARTS) is 1. The SMILES string of the molecule is CC(C)CCCOc1ccc(-c2cnc(-c3ccc(CC(C(=O)N4CC(C(=O)O)C4)C4CC4N)cc3)nc2)cc1. The van der Waals surface area contributed by atoms with Gasteiger partial charge in [0.25, 0.3) is 0 Å². The zero-order chi connectivity index (χ0) is 28.2. The number of rotatable bonds is 12. The molecule has 40 heavy (non-hydrogen) atoms. The number of likely N-dealkylation sites (tertiary alicyclic amines) is 1. The standard InChI is InChI=1S/C32H38N4O4/c1-20(2)4-3-13-40-26-11-9-22(10-12-26)24-16-34-30(35-17-24)23-7-5-21(6-8-23)14-28(27-15-29(27)33)31(37)36-18-25(19-36)32(38)39/h5-12,16-17,20,25,27-29H,3-4,13-15,18-19,33H2,1-2H3,(H,38,39). The van der Waals surface area contributed by atoms with Crippen molar-refractivity contribution in [3.05, 3.63) is 66.5 Å². The second kappa shape index (κ2) is 12.2. The maximum absolute atomic E-state index is 13.1. The molecule has 8 nitrogen and oxygen atoms in total. The smallest absolute Gasteiger partial charge is 0.310 e. The fraction of sp³-hybridized carbons (Fsp3) is 0.438. The first-order valence-corrected chi connectivity index (χ1v) is 14.2. The minimum absolute atomic E-state index is 0.0178. The molecule has 0 bridgehead atoms. The van der Waals surface area contributed by atoms with Gasteiger partial charge in [-0.1, -0.05) is 50.2 Å². The Morgan fingerprint density at radius 2 is 1.62 bits per heavy atom. The summed E-state index contributed by atoms with van der Waals surface area (Å²) in [5, 5.41) is 9.15. The Labute approximate surface area is 235 Å². The van der Waals surface area contributed by atoms with E-state index in [1.807, 2.05) is 60.9 Å². The lowest BCUT2D eigenvalue weighted by molar-refractivity contribution is -0.154. The van der Waals surface area contributed by atoms with Gasteiger partial charge in [-0.05, 0) is 60.8 Å². The van der Waals surface area contributed by atoms with Gasteiger partial charge in [0.2, 0.25) is 5.91 Å². The third-order valence-electron chi connectivity index (χ3n) is 7.97. The molecule has 5 rings (SSSR count). The third kappa shape index (κ3) is 6.67. The molecular formula is C32H38N4O4. The summed E-state index contributed by atoms with van der Waals surface area (Å²) in [6.07, 6.45) is 7.29. The van der Waals surface area contributed by atoms with Crippen LogP contribution in [0.25, 0.3) is 22.5 Å². The topological polar surface area (TPSA) is 119 Å². The van der Waals surface area contributed by atoms with Crippen molar-refractivity contribution in [2.75, 3.05) is 19.7 Å². The molecular weight excluding hydrogens is 504 g/mol. The van der Waals surface area contributed by atoms with Gasteiger partial charge in [0.05, 0.1) is 12.5 Å². The van der Waals surface area contributed by atoms with Crippen LogP contribution in [0, 0.1) is 23.7 Å². The van der Waals surface area contributed by atoms with Crippen molar-refractivity contribution in [3.8, 4) is 28.3 Å². The van der Waals surface area contributed by atoms with Crippen molar-refractivity contribution in [2.24, 2.45) is 29.4 Å². The van der Waals surface area contributed by atoms with Gasteiger partial charge >= 0.3 is 5.97 Å². The summed E-state index contributed by atoms with van der Waals surface area (Å²) in [6, 6.07) is 16.0. The number of carbonyl (C=O) groups is 2. The van der Waals surface area contributed by atoms with Crippen LogP contribution >= 0.6 is 0 Å². The molecule has 3 unspecified atom stereocenters. The molecule has 1 saturated heterocycles. The van der Waals surface area contributed by atoms with Crippen LogP contribution in [0.15, 0.2) is 60.9 Å². The van der Waals surface area contributed by atoms with Crippen molar-refractivity contribution in [3.63, 3.8) is 0 Å². The van der Waals surface area contributed by atoms with Crippen LogP contribution in [-0.2, 0) is 16.0 Å². The number of benzene rings is 2. The lowest BCUT2D eigenvalue weighted by Crippen LogP contribution is -2.55. The van der Waals surface area contributed by atoms with E-state index < -0.39 is 11.9 Å². The minimum Gasteiger partial charge on any atom is -0.494 e. The van der Waals surface area contributed by atoms with Crippen molar-refractivity contribution in [1.29, 1.82) is 0 Å². The summed E-state index contributed by atoms with van der Waals surface area (Å²) in [7, 11) is 0. The average molecular weight is 543 g/mol. The molecule has 1 saturated carbocycles. The van der Waals surface area contributed by atoms with E-state index in [0.717, 1.165) is 53.9 Å². The number of aliphatic carboxylic acids is 1. The molecule has 3 aromatic rings. The summed E-state index contributed by atoms with van der Waals surface area (Å²) in [5.74, 6) is 0.841. The monoisotopic (exact) mass is 542 g/mol. The lowest BCUT2D eigenvalue weighted by Gasteiger charge is -2.39. The highest BCUT2D eigenvalue weighted by Gasteiger charge is 2.47. The first-order valence-electron chi connectivity index (χ1n) is 14.2. The fourth-order valence-corrected chi connectivity index (χ4v) is 5.26. The van der Waals surface area contributed by atoms with E-state index in [4.69, 9.17) is 15.6 Å². The van der Waals surface area contributed by atoms with Gasteiger partial charge < -0.3 is 20.5 Å². The predicted octanol–water partition coefficient (Wildman–Crippen LogP) is 4.67. The molecule has 2 aromatic carbocycles. The van der Waals surface area contributed by atoms with Crippen molar-refractivity contribution < 1.29 is 19.4 Å². The van der Waals surface area contributed by atoms with Gasteiger partial charge in [0, 0.05) is 48.6 Å². The molecule has 3 N–H and O–H groups in total. The predicted molar refractivity (Wildman–Crippen MR) is 153 cm³/mol. The molecule has 0 spiro atoms. The molecule has 1 aliphatic heterocycles. The van der Waals surface area contributed by atoms with Crippen LogP contribution in [0.3, 0.4) is 0 Å². The van der Waals surface area contributed by atoms with Crippen molar-refractivity contribution in [1.82, 2.24) is 14.9 Å². The van der Waals surface area contributed by atoms with Crippen LogP contribution in [0.4, 0.5) is 0 Å². The lowest BCUT2D eigenvalue weighted by atomic mass is 9.89. The maximum atomic E-state index is 13.1. The summed E-state index contributed by atoms with van der Waals surface area (Å²) < 4.78 is 5.85. The Balaban J connectivity index is 1.18. The molecule has 0 radical (unpaired) electrons. The van der Waals surface area contributed by atoms with Crippen LogP contribution in [0.2, 0.25) is 0 Å². The first kappa shape index (κ1) is 27.8. The average Bonchev–Trinajstić information content (AvgIpc) is 3.65. The molecule has 3 atom stereocenters. The minimum atomic E-state index is -0.843. The first-order chi connectivity index (χ1) is 19.3. The Hall–Kier alpha value is -3.78. The van der Waals surface area contributed by atoms with E-state index in [1.54, 1.807) is 4.90 Å². The molecule has 2 aliphatic rings.